The van der Waals surface area contributed by atoms with Crippen LogP contribution in [0.4, 0.5) is 5.82 Å². The molecule has 0 fully saturated rings. The minimum Gasteiger partial charge on any atom is -0.395 e. The van der Waals surface area contributed by atoms with E-state index in [4.69, 9.17) is 5.11 Å². The maximum Gasteiger partial charge on any atom is 0.253 e. The lowest BCUT2D eigenvalue weighted by molar-refractivity contribution is 0.0952. The number of pyridine rings is 2. The maximum atomic E-state index is 13.0. The normalized spacial score (nSPS) is 11.2. The second-order valence-electron chi connectivity index (χ2n) is 7.25. The Kier molecular flexibility index (Phi) is 5.97. The molecule has 0 aromatic carbocycles. The third-order valence-electron chi connectivity index (χ3n) is 4.64. The van der Waals surface area contributed by atoms with Crippen LogP contribution in [-0.4, -0.2) is 43.9 Å². The molecule has 0 spiro atoms. The number of H-pyrrole nitrogens is 1. The smallest absolute Gasteiger partial charge is 0.253 e. The first-order chi connectivity index (χ1) is 13.8. The molecule has 0 bridgehead atoms. The first-order valence-corrected chi connectivity index (χ1v) is 9.52. The maximum absolute atomic E-state index is 13.0. The Hall–Kier alpha value is -3.20. The van der Waals surface area contributed by atoms with Gasteiger partial charge in [-0.3, -0.25) is 9.59 Å². The molecular weight excluding hydrogens is 372 g/mol. The second kappa shape index (κ2) is 8.44. The van der Waals surface area contributed by atoms with Crippen molar-refractivity contribution in [2.24, 2.45) is 0 Å². The summed E-state index contributed by atoms with van der Waals surface area (Å²) >= 11 is 0. The van der Waals surface area contributed by atoms with Crippen molar-refractivity contribution in [3.63, 3.8) is 0 Å². The van der Waals surface area contributed by atoms with E-state index in [1.54, 1.807) is 16.9 Å². The number of nitrogens with zero attached hydrogens (tertiary/aromatic N) is 3. The van der Waals surface area contributed by atoms with E-state index in [-0.39, 0.29) is 30.7 Å². The van der Waals surface area contributed by atoms with Crippen molar-refractivity contribution in [1.82, 2.24) is 25.1 Å². The minimum atomic E-state index is -0.327. The number of rotatable bonds is 7. The van der Waals surface area contributed by atoms with Gasteiger partial charge in [0.25, 0.3) is 11.5 Å². The molecule has 154 valence electrons. The molecule has 9 heteroatoms. The lowest BCUT2D eigenvalue weighted by atomic mass is 10.1. The summed E-state index contributed by atoms with van der Waals surface area (Å²) in [6.07, 6.45) is 1.62. The van der Waals surface area contributed by atoms with Crippen LogP contribution in [0.25, 0.3) is 11.0 Å². The molecule has 0 aliphatic heterocycles. The van der Waals surface area contributed by atoms with Crippen molar-refractivity contribution in [3.05, 3.63) is 51.1 Å². The highest BCUT2D eigenvalue weighted by atomic mass is 16.3. The molecular formula is C20H26N6O3. The summed E-state index contributed by atoms with van der Waals surface area (Å²) in [4.78, 5) is 32.5. The van der Waals surface area contributed by atoms with Crippen LogP contribution in [0, 0.1) is 13.8 Å². The predicted octanol–water partition coefficient (Wildman–Crippen LogP) is 1.65. The van der Waals surface area contributed by atoms with Gasteiger partial charge in [0, 0.05) is 30.4 Å². The number of hydrogen-bond acceptors (Lipinski definition) is 6. The Balaban J connectivity index is 1.95. The lowest BCUT2D eigenvalue weighted by Gasteiger charge is -2.12. The molecule has 3 rings (SSSR count). The first-order valence-electron chi connectivity index (χ1n) is 9.52. The number of aliphatic hydroxyl groups is 1. The largest absolute Gasteiger partial charge is 0.395 e. The monoisotopic (exact) mass is 398 g/mol. The fourth-order valence-electron chi connectivity index (χ4n) is 3.22. The minimum absolute atomic E-state index is 0.0554. The number of aromatic nitrogens is 4. The van der Waals surface area contributed by atoms with Crippen molar-refractivity contribution in [2.75, 3.05) is 18.5 Å². The molecule has 0 saturated carbocycles. The Morgan fingerprint density at radius 2 is 2.07 bits per heavy atom. The molecule has 3 aromatic rings. The third-order valence-corrected chi connectivity index (χ3v) is 4.64. The number of amides is 1. The number of aromatic amines is 1. The summed E-state index contributed by atoms with van der Waals surface area (Å²) < 4.78 is 1.74. The third kappa shape index (κ3) is 4.29. The number of carbonyl (C=O) groups is 1. The summed E-state index contributed by atoms with van der Waals surface area (Å²) in [6, 6.07) is 3.57. The number of aliphatic hydroxyl groups excluding tert-OH is 1. The second-order valence-corrected chi connectivity index (χ2v) is 7.25. The molecule has 9 nitrogen and oxygen atoms in total. The zero-order valence-electron chi connectivity index (χ0n) is 17.0. The van der Waals surface area contributed by atoms with Gasteiger partial charge in [-0.05, 0) is 45.4 Å². The first kappa shape index (κ1) is 20.5. The summed E-state index contributed by atoms with van der Waals surface area (Å²) in [5.41, 5.74) is 2.90. The molecule has 0 atom stereocenters. The highest BCUT2D eigenvalue weighted by molar-refractivity contribution is 6.06. The average molecular weight is 398 g/mol. The van der Waals surface area contributed by atoms with E-state index in [2.05, 4.69) is 25.7 Å². The average Bonchev–Trinajstić information content (AvgIpc) is 3.08. The summed E-state index contributed by atoms with van der Waals surface area (Å²) in [5, 5.41) is 19.9. The van der Waals surface area contributed by atoms with E-state index in [0.29, 0.717) is 34.5 Å². The van der Waals surface area contributed by atoms with E-state index in [9.17, 15) is 9.59 Å². The van der Waals surface area contributed by atoms with Crippen LogP contribution in [0.5, 0.6) is 0 Å². The van der Waals surface area contributed by atoms with Crippen LogP contribution in [0.1, 0.15) is 47.1 Å². The number of nitrogens with one attached hydrogen (secondary N) is 3. The Labute approximate surface area is 168 Å². The van der Waals surface area contributed by atoms with Gasteiger partial charge in [0.05, 0.1) is 23.8 Å². The molecule has 0 saturated heterocycles. The molecule has 0 aliphatic carbocycles. The van der Waals surface area contributed by atoms with Crippen molar-refractivity contribution < 1.29 is 9.90 Å². The van der Waals surface area contributed by atoms with E-state index in [1.807, 2.05) is 33.8 Å². The molecule has 3 heterocycles. The van der Waals surface area contributed by atoms with Crippen molar-refractivity contribution in [2.45, 2.75) is 40.3 Å². The van der Waals surface area contributed by atoms with Gasteiger partial charge in [-0.25, -0.2) is 9.67 Å². The highest BCUT2D eigenvalue weighted by Crippen LogP contribution is 2.23. The Morgan fingerprint density at radius 1 is 1.31 bits per heavy atom. The zero-order valence-corrected chi connectivity index (χ0v) is 17.0. The fourth-order valence-corrected chi connectivity index (χ4v) is 3.22. The molecule has 3 aromatic heterocycles. The van der Waals surface area contributed by atoms with Gasteiger partial charge in [0.15, 0.2) is 5.65 Å². The van der Waals surface area contributed by atoms with Gasteiger partial charge in [0.2, 0.25) is 0 Å². The van der Waals surface area contributed by atoms with Crippen molar-refractivity contribution in [3.8, 4) is 0 Å². The lowest BCUT2D eigenvalue weighted by Crippen LogP contribution is -2.28. The van der Waals surface area contributed by atoms with Gasteiger partial charge in [-0.15, -0.1) is 0 Å². The number of anilines is 1. The van der Waals surface area contributed by atoms with Gasteiger partial charge in [-0.2, -0.15) is 5.10 Å². The standard InChI is InChI=1S/C20H26N6O3/c1-11(2)26-18-16(10-23-26)14(8-17(25-18)21-5-6-27)19(28)22-9-15-12(3)7-13(4)24-20(15)29/h7-8,10-11,27H,5-6,9H2,1-4H3,(H,21,25)(H,22,28)(H,24,29). The van der Waals surface area contributed by atoms with E-state index in [1.165, 1.54) is 0 Å². The van der Waals surface area contributed by atoms with Crippen LogP contribution in [0.2, 0.25) is 0 Å². The number of aryl methyl sites for hydroxylation is 2. The number of fused-ring (bicyclic) bond motifs is 1. The topological polar surface area (TPSA) is 125 Å². The van der Waals surface area contributed by atoms with Gasteiger partial charge < -0.3 is 20.7 Å². The summed E-state index contributed by atoms with van der Waals surface area (Å²) in [5.74, 6) is 0.149. The van der Waals surface area contributed by atoms with Crippen LogP contribution in [0.3, 0.4) is 0 Å². The Bertz CT molecular complexity index is 1100. The predicted molar refractivity (Wildman–Crippen MR) is 111 cm³/mol. The molecule has 4 N–H and O–H groups in total. The number of hydrogen-bond donors (Lipinski definition) is 4. The molecule has 0 radical (unpaired) electrons. The van der Waals surface area contributed by atoms with Crippen LogP contribution in [-0.2, 0) is 6.54 Å². The summed E-state index contributed by atoms with van der Waals surface area (Å²) in [6.45, 7) is 7.99. The molecule has 0 aliphatic rings. The van der Waals surface area contributed by atoms with Gasteiger partial charge in [-0.1, -0.05) is 0 Å². The Morgan fingerprint density at radius 3 is 2.72 bits per heavy atom. The van der Waals surface area contributed by atoms with Crippen molar-refractivity contribution in [1.29, 1.82) is 0 Å². The molecule has 29 heavy (non-hydrogen) atoms. The SMILES string of the molecule is Cc1cc(C)c(CNC(=O)c2cc(NCCO)nc3c2cnn3C(C)C)c(=O)[nH]1. The van der Waals surface area contributed by atoms with E-state index < -0.39 is 0 Å². The van der Waals surface area contributed by atoms with Crippen LogP contribution < -0.4 is 16.2 Å². The van der Waals surface area contributed by atoms with Gasteiger partial charge in [0.1, 0.15) is 5.82 Å². The highest BCUT2D eigenvalue weighted by Gasteiger charge is 2.18. The molecule has 0 unspecified atom stereocenters. The van der Waals surface area contributed by atoms with Crippen LogP contribution in [0.15, 0.2) is 23.1 Å². The van der Waals surface area contributed by atoms with E-state index in [0.717, 1.165) is 11.3 Å². The quantitative estimate of drug-likeness (QED) is 0.480. The zero-order chi connectivity index (χ0) is 21.1. The molecule has 1 amide bonds. The fraction of sp³-hybridized carbons (Fsp3) is 0.400. The van der Waals surface area contributed by atoms with Gasteiger partial charge >= 0.3 is 0 Å². The van der Waals surface area contributed by atoms with E-state index >= 15 is 0 Å². The van der Waals surface area contributed by atoms with Crippen molar-refractivity contribution >= 4 is 22.8 Å². The van der Waals surface area contributed by atoms with Crippen LogP contribution >= 0.6 is 0 Å². The number of carbonyl (C=O) groups excluding carboxylic acids is 1. The summed E-state index contributed by atoms with van der Waals surface area (Å²) in [7, 11) is 0.